The van der Waals surface area contributed by atoms with E-state index >= 15 is 0 Å². The van der Waals surface area contributed by atoms with E-state index in [2.05, 4.69) is 15.9 Å². The Morgan fingerprint density at radius 2 is 1.53 bits per heavy atom. The van der Waals surface area contributed by atoms with E-state index < -0.39 is 23.0 Å². The van der Waals surface area contributed by atoms with E-state index in [9.17, 15) is 13.6 Å². The zero-order chi connectivity index (χ0) is 12.4. The second-order valence-corrected chi connectivity index (χ2v) is 4.36. The van der Waals surface area contributed by atoms with Gasteiger partial charge in [0.15, 0.2) is 5.78 Å². The van der Waals surface area contributed by atoms with E-state index in [1.807, 2.05) is 0 Å². The van der Waals surface area contributed by atoms with Crippen molar-refractivity contribution in [3.05, 3.63) is 69.7 Å². The van der Waals surface area contributed by atoms with Crippen LogP contribution in [0.5, 0.6) is 0 Å². The standard InChI is InChI=1S/C13H7BrF2O/c14-9-6-10(15)12(11(16)7-9)13(17)8-4-2-1-3-5-8/h1-7H. The smallest absolute Gasteiger partial charge is 0.198 e. The van der Waals surface area contributed by atoms with Gasteiger partial charge in [-0.1, -0.05) is 46.3 Å². The van der Waals surface area contributed by atoms with Crippen LogP contribution in [0.3, 0.4) is 0 Å². The lowest BCUT2D eigenvalue weighted by Gasteiger charge is -2.04. The summed E-state index contributed by atoms with van der Waals surface area (Å²) in [6.07, 6.45) is 0. The van der Waals surface area contributed by atoms with Crippen LogP contribution in [-0.4, -0.2) is 5.78 Å². The molecule has 0 heterocycles. The molecule has 0 fully saturated rings. The summed E-state index contributed by atoms with van der Waals surface area (Å²) in [6.45, 7) is 0. The van der Waals surface area contributed by atoms with Gasteiger partial charge in [0.2, 0.25) is 0 Å². The molecule has 0 saturated heterocycles. The predicted molar refractivity (Wildman–Crippen MR) is 63.9 cm³/mol. The average Bonchev–Trinajstić information content (AvgIpc) is 2.28. The molecule has 0 bridgehead atoms. The first-order valence-corrected chi connectivity index (χ1v) is 5.63. The summed E-state index contributed by atoms with van der Waals surface area (Å²) in [5.41, 5.74) is -0.271. The molecule has 86 valence electrons. The maximum absolute atomic E-state index is 13.6. The van der Waals surface area contributed by atoms with Crippen LogP contribution in [0, 0.1) is 11.6 Å². The molecule has 0 saturated carbocycles. The fourth-order valence-corrected chi connectivity index (χ4v) is 1.89. The van der Waals surface area contributed by atoms with Crippen molar-refractivity contribution >= 4 is 21.7 Å². The molecule has 0 amide bonds. The average molecular weight is 297 g/mol. The maximum Gasteiger partial charge on any atom is 0.198 e. The second-order valence-electron chi connectivity index (χ2n) is 3.44. The summed E-state index contributed by atoms with van der Waals surface area (Å²) in [6, 6.07) is 10.2. The summed E-state index contributed by atoms with van der Waals surface area (Å²) in [5, 5.41) is 0. The van der Waals surface area contributed by atoms with Crippen LogP contribution in [0.1, 0.15) is 15.9 Å². The molecular weight excluding hydrogens is 290 g/mol. The zero-order valence-corrected chi connectivity index (χ0v) is 10.2. The topological polar surface area (TPSA) is 17.1 Å². The number of carbonyl (C=O) groups is 1. The van der Waals surface area contributed by atoms with Crippen LogP contribution in [0.4, 0.5) is 8.78 Å². The van der Waals surface area contributed by atoms with Gasteiger partial charge in [0.1, 0.15) is 11.6 Å². The Labute approximate surface area is 105 Å². The lowest BCUT2D eigenvalue weighted by molar-refractivity contribution is 0.103. The van der Waals surface area contributed by atoms with Crippen molar-refractivity contribution in [1.29, 1.82) is 0 Å². The summed E-state index contributed by atoms with van der Waals surface area (Å²) < 4.78 is 27.4. The van der Waals surface area contributed by atoms with E-state index in [0.29, 0.717) is 0 Å². The summed E-state index contributed by atoms with van der Waals surface area (Å²) in [4.78, 5) is 11.9. The first-order chi connectivity index (χ1) is 8.09. The number of hydrogen-bond donors (Lipinski definition) is 0. The van der Waals surface area contributed by atoms with Crippen LogP contribution in [0.15, 0.2) is 46.9 Å². The third-order valence-corrected chi connectivity index (χ3v) is 2.73. The largest absolute Gasteiger partial charge is 0.288 e. The van der Waals surface area contributed by atoms with E-state index in [0.717, 1.165) is 12.1 Å². The van der Waals surface area contributed by atoms with Crippen LogP contribution >= 0.6 is 15.9 Å². The highest BCUT2D eigenvalue weighted by atomic mass is 79.9. The van der Waals surface area contributed by atoms with Gasteiger partial charge in [-0.15, -0.1) is 0 Å². The fraction of sp³-hybridized carbons (Fsp3) is 0. The van der Waals surface area contributed by atoms with Crippen molar-refractivity contribution in [3.63, 3.8) is 0 Å². The quantitative estimate of drug-likeness (QED) is 0.767. The lowest BCUT2D eigenvalue weighted by atomic mass is 10.0. The van der Waals surface area contributed by atoms with Gasteiger partial charge in [-0.3, -0.25) is 4.79 Å². The number of ketones is 1. The minimum atomic E-state index is -0.870. The molecule has 0 aliphatic carbocycles. The van der Waals surface area contributed by atoms with Gasteiger partial charge >= 0.3 is 0 Å². The van der Waals surface area contributed by atoms with Crippen molar-refractivity contribution in [2.75, 3.05) is 0 Å². The molecule has 17 heavy (non-hydrogen) atoms. The Balaban J connectivity index is 2.52. The van der Waals surface area contributed by atoms with Gasteiger partial charge in [0.25, 0.3) is 0 Å². The van der Waals surface area contributed by atoms with Gasteiger partial charge < -0.3 is 0 Å². The number of halogens is 3. The lowest BCUT2D eigenvalue weighted by Crippen LogP contribution is -2.07. The van der Waals surface area contributed by atoms with Gasteiger partial charge in [-0.2, -0.15) is 0 Å². The molecular formula is C13H7BrF2O. The highest BCUT2D eigenvalue weighted by molar-refractivity contribution is 9.10. The third-order valence-electron chi connectivity index (χ3n) is 2.27. The minimum Gasteiger partial charge on any atom is -0.288 e. The Morgan fingerprint density at radius 1 is 1.00 bits per heavy atom. The third kappa shape index (κ3) is 2.42. The van der Waals surface area contributed by atoms with Gasteiger partial charge in [0, 0.05) is 10.0 Å². The predicted octanol–water partition coefficient (Wildman–Crippen LogP) is 3.96. The van der Waals surface area contributed by atoms with Gasteiger partial charge in [-0.05, 0) is 12.1 Å². The van der Waals surface area contributed by atoms with Crippen LogP contribution in [-0.2, 0) is 0 Å². The van der Waals surface area contributed by atoms with Gasteiger partial charge in [-0.25, -0.2) is 8.78 Å². The van der Waals surface area contributed by atoms with E-state index in [4.69, 9.17) is 0 Å². The molecule has 0 aliphatic rings. The SMILES string of the molecule is O=C(c1ccccc1)c1c(F)cc(Br)cc1F. The Kier molecular flexibility index (Phi) is 3.33. The Hall–Kier alpha value is -1.55. The van der Waals surface area contributed by atoms with Crippen molar-refractivity contribution < 1.29 is 13.6 Å². The van der Waals surface area contributed by atoms with Crippen LogP contribution < -0.4 is 0 Å². The molecule has 0 spiro atoms. The molecule has 2 aromatic carbocycles. The van der Waals surface area contributed by atoms with E-state index in [1.54, 1.807) is 18.2 Å². The Morgan fingerprint density at radius 3 is 2.06 bits per heavy atom. The summed E-state index contributed by atoms with van der Waals surface area (Å²) >= 11 is 2.96. The van der Waals surface area contributed by atoms with Crippen molar-refractivity contribution in [3.8, 4) is 0 Å². The van der Waals surface area contributed by atoms with Crippen LogP contribution in [0.25, 0.3) is 0 Å². The fourth-order valence-electron chi connectivity index (χ4n) is 1.49. The highest BCUT2D eigenvalue weighted by Crippen LogP contribution is 2.22. The Bertz CT molecular complexity index is 544. The van der Waals surface area contributed by atoms with E-state index in [1.165, 1.54) is 12.1 Å². The molecule has 2 rings (SSSR count). The molecule has 2 aromatic rings. The number of hydrogen-bond acceptors (Lipinski definition) is 1. The van der Waals surface area contributed by atoms with Crippen molar-refractivity contribution in [1.82, 2.24) is 0 Å². The van der Waals surface area contributed by atoms with E-state index in [-0.39, 0.29) is 10.0 Å². The molecule has 0 unspecified atom stereocenters. The molecule has 0 N–H and O–H groups in total. The first kappa shape index (κ1) is 11.9. The molecule has 0 radical (unpaired) electrons. The summed E-state index contributed by atoms with van der Waals surface area (Å²) in [7, 11) is 0. The molecule has 1 nitrogen and oxygen atoms in total. The zero-order valence-electron chi connectivity index (χ0n) is 8.58. The molecule has 4 heteroatoms. The van der Waals surface area contributed by atoms with Gasteiger partial charge in [0.05, 0.1) is 5.56 Å². The number of carbonyl (C=O) groups excluding carboxylic acids is 1. The number of rotatable bonds is 2. The van der Waals surface area contributed by atoms with Crippen molar-refractivity contribution in [2.45, 2.75) is 0 Å². The van der Waals surface area contributed by atoms with Crippen molar-refractivity contribution in [2.24, 2.45) is 0 Å². The normalized spacial score (nSPS) is 10.3. The first-order valence-electron chi connectivity index (χ1n) is 4.84. The highest BCUT2D eigenvalue weighted by Gasteiger charge is 2.19. The second kappa shape index (κ2) is 4.75. The monoisotopic (exact) mass is 296 g/mol. The maximum atomic E-state index is 13.6. The summed E-state index contributed by atoms with van der Waals surface area (Å²) in [5.74, 6) is -2.40. The molecule has 0 aromatic heterocycles. The molecule has 0 aliphatic heterocycles. The van der Waals surface area contributed by atoms with Crippen LogP contribution in [0.2, 0.25) is 0 Å². The molecule has 0 atom stereocenters. The number of benzene rings is 2. The minimum absolute atomic E-state index is 0.257.